The summed E-state index contributed by atoms with van der Waals surface area (Å²) >= 11 is 0. The van der Waals surface area contributed by atoms with Gasteiger partial charge >= 0.3 is 0 Å². The summed E-state index contributed by atoms with van der Waals surface area (Å²) in [6.07, 6.45) is 2.25. The Morgan fingerprint density at radius 1 is 1.21 bits per heavy atom. The Bertz CT molecular complexity index is 1090. The lowest BCUT2D eigenvalue weighted by molar-refractivity contribution is 0.0941. The first-order valence-electron chi connectivity index (χ1n) is 9.80. The van der Waals surface area contributed by atoms with E-state index in [1.807, 2.05) is 45.2 Å². The van der Waals surface area contributed by atoms with E-state index in [9.17, 15) is 4.79 Å². The van der Waals surface area contributed by atoms with Crippen LogP contribution < -0.4 is 14.8 Å². The van der Waals surface area contributed by atoms with Crippen LogP contribution in [0.15, 0.2) is 24.3 Å². The summed E-state index contributed by atoms with van der Waals surface area (Å²) in [5, 5.41) is 8.41. The maximum Gasteiger partial charge on any atom is 0.252 e. The fourth-order valence-electron chi connectivity index (χ4n) is 3.71. The van der Waals surface area contributed by atoms with E-state index in [4.69, 9.17) is 14.5 Å². The minimum absolute atomic E-state index is 0.127. The van der Waals surface area contributed by atoms with Crippen molar-refractivity contribution in [3.05, 3.63) is 46.8 Å². The Morgan fingerprint density at radius 2 is 1.93 bits per heavy atom. The summed E-state index contributed by atoms with van der Waals surface area (Å²) in [6, 6.07) is 7.39. The van der Waals surface area contributed by atoms with E-state index in [-0.39, 0.29) is 11.9 Å². The molecular formula is C22H26N4O3. The molecule has 7 heteroatoms. The number of ether oxygens (including phenoxy) is 2. The molecule has 1 fully saturated rings. The highest BCUT2D eigenvalue weighted by molar-refractivity contribution is 6.06. The van der Waals surface area contributed by atoms with Crippen molar-refractivity contribution in [2.45, 2.75) is 38.6 Å². The number of benzene rings is 1. The van der Waals surface area contributed by atoms with Gasteiger partial charge in [0, 0.05) is 18.7 Å². The number of hydrogen-bond donors (Lipinski definition) is 1. The number of carbonyl (C=O) groups is 1. The number of aryl methyl sites for hydroxylation is 2. The molecule has 3 aromatic rings. The van der Waals surface area contributed by atoms with Crippen molar-refractivity contribution in [3.8, 4) is 11.5 Å². The van der Waals surface area contributed by atoms with Crippen molar-refractivity contribution in [1.82, 2.24) is 20.1 Å². The summed E-state index contributed by atoms with van der Waals surface area (Å²) in [5.41, 5.74) is 4.11. The van der Waals surface area contributed by atoms with E-state index in [0.717, 1.165) is 40.8 Å². The van der Waals surface area contributed by atoms with Crippen LogP contribution in [0.4, 0.5) is 0 Å². The van der Waals surface area contributed by atoms with E-state index in [1.165, 1.54) is 0 Å². The lowest BCUT2D eigenvalue weighted by Crippen LogP contribution is -2.27. The summed E-state index contributed by atoms with van der Waals surface area (Å²) < 4.78 is 12.4. The largest absolute Gasteiger partial charge is 0.493 e. The second kappa shape index (κ2) is 7.39. The molecule has 0 saturated heterocycles. The van der Waals surface area contributed by atoms with Crippen molar-refractivity contribution < 1.29 is 14.3 Å². The third-order valence-electron chi connectivity index (χ3n) is 5.48. The molecule has 29 heavy (non-hydrogen) atoms. The Labute approximate surface area is 170 Å². The number of fused-ring (bicyclic) bond motifs is 1. The molecule has 1 aliphatic carbocycles. The number of pyridine rings is 1. The number of rotatable bonds is 6. The Kier molecular flexibility index (Phi) is 4.90. The number of nitrogens with zero attached hydrogens (tertiary/aromatic N) is 3. The molecule has 1 N–H and O–H groups in total. The van der Waals surface area contributed by atoms with Crippen molar-refractivity contribution in [3.63, 3.8) is 0 Å². The number of hydrogen-bond acceptors (Lipinski definition) is 5. The number of carbonyl (C=O) groups excluding carboxylic acids is 1. The molecule has 2 heterocycles. The summed E-state index contributed by atoms with van der Waals surface area (Å²) in [6.45, 7) is 3.87. The van der Waals surface area contributed by atoms with E-state index >= 15 is 0 Å². The van der Waals surface area contributed by atoms with Crippen LogP contribution in [0.3, 0.4) is 0 Å². The number of nitrogens with one attached hydrogen (secondary N) is 1. The molecular weight excluding hydrogens is 368 g/mol. The fourth-order valence-corrected chi connectivity index (χ4v) is 3.71. The third-order valence-corrected chi connectivity index (χ3v) is 5.48. The smallest absolute Gasteiger partial charge is 0.252 e. The van der Waals surface area contributed by atoms with Crippen LogP contribution in [0.25, 0.3) is 11.0 Å². The summed E-state index contributed by atoms with van der Waals surface area (Å²) in [4.78, 5) is 18.0. The van der Waals surface area contributed by atoms with Gasteiger partial charge in [-0.25, -0.2) is 4.98 Å². The van der Waals surface area contributed by atoms with Gasteiger partial charge in [0.15, 0.2) is 17.1 Å². The molecule has 1 aromatic carbocycles. The van der Waals surface area contributed by atoms with Crippen molar-refractivity contribution >= 4 is 16.9 Å². The van der Waals surface area contributed by atoms with Crippen LogP contribution in [0.5, 0.6) is 11.5 Å². The first kappa shape index (κ1) is 19.2. The minimum atomic E-state index is -0.202. The molecule has 1 atom stereocenters. The SMILES string of the molecule is COc1ccc(C(C)NC(=O)c2cc(C3CC3)nc3c2c(C)nn3C)cc1OC. The highest BCUT2D eigenvalue weighted by Crippen LogP contribution is 2.40. The highest BCUT2D eigenvalue weighted by Gasteiger charge is 2.28. The normalized spacial score (nSPS) is 14.7. The lowest BCUT2D eigenvalue weighted by Gasteiger charge is -2.17. The molecule has 0 radical (unpaired) electrons. The lowest BCUT2D eigenvalue weighted by atomic mass is 10.0. The van der Waals surface area contributed by atoms with Crippen LogP contribution in [0.2, 0.25) is 0 Å². The molecule has 1 amide bonds. The molecule has 1 saturated carbocycles. The van der Waals surface area contributed by atoms with Crippen LogP contribution in [-0.4, -0.2) is 34.9 Å². The minimum Gasteiger partial charge on any atom is -0.493 e. The zero-order valence-corrected chi connectivity index (χ0v) is 17.4. The van der Waals surface area contributed by atoms with Gasteiger partial charge in [-0.15, -0.1) is 0 Å². The maximum absolute atomic E-state index is 13.2. The second-order valence-electron chi connectivity index (χ2n) is 7.59. The predicted molar refractivity (Wildman–Crippen MR) is 111 cm³/mol. The van der Waals surface area contributed by atoms with E-state index in [2.05, 4.69) is 10.4 Å². The van der Waals surface area contributed by atoms with Crippen molar-refractivity contribution in [2.24, 2.45) is 7.05 Å². The first-order chi connectivity index (χ1) is 13.9. The molecule has 1 unspecified atom stereocenters. The van der Waals surface area contributed by atoms with Gasteiger partial charge in [-0.05, 0) is 50.5 Å². The monoisotopic (exact) mass is 394 g/mol. The Morgan fingerprint density at radius 3 is 2.59 bits per heavy atom. The maximum atomic E-state index is 13.2. The van der Waals surface area contributed by atoms with E-state index in [0.29, 0.717) is 23.0 Å². The molecule has 2 aromatic heterocycles. The molecule has 0 aliphatic heterocycles. The zero-order chi connectivity index (χ0) is 20.7. The molecule has 152 valence electrons. The van der Waals surface area contributed by atoms with Gasteiger partial charge in [-0.1, -0.05) is 6.07 Å². The molecule has 4 rings (SSSR count). The second-order valence-corrected chi connectivity index (χ2v) is 7.59. The van der Waals surface area contributed by atoms with Gasteiger partial charge in [-0.3, -0.25) is 9.48 Å². The van der Waals surface area contributed by atoms with Crippen LogP contribution in [0, 0.1) is 6.92 Å². The molecule has 0 spiro atoms. The molecule has 1 aliphatic rings. The first-order valence-corrected chi connectivity index (χ1v) is 9.80. The van der Waals surface area contributed by atoms with Gasteiger partial charge in [0.25, 0.3) is 5.91 Å². The Hall–Kier alpha value is -3.09. The van der Waals surface area contributed by atoms with Crippen LogP contribution in [-0.2, 0) is 7.05 Å². The summed E-state index contributed by atoms with van der Waals surface area (Å²) in [5.74, 6) is 1.62. The van der Waals surface area contributed by atoms with E-state index < -0.39 is 0 Å². The molecule has 0 bridgehead atoms. The Balaban J connectivity index is 1.67. The fraction of sp³-hybridized carbons (Fsp3) is 0.409. The van der Waals surface area contributed by atoms with Gasteiger partial charge in [-0.2, -0.15) is 5.10 Å². The standard InChI is InChI=1S/C22H26N4O3/c1-12(15-8-9-18(28-4)19(10-15)29-5)23-22(27)16-11-17(14-6-7-14)24-21-20(16)13(2)25-26(21)3/h8-12,14H,6-7H2,1-5H3,(H,23,27). The van der Waals surface area contributed by atoms with Crippen molar-refractivity contribution in [2.75, 3.05) is 14.2 Å². The predicted octanol–water partition coefficient (Wildman–Crippen LogP) is 3.66. The topological polar surface area (TPSA) is 78.3 Å². The number of methoxy groups -OCH3 is 2. The highest BCUT2D eigenvalue weighted by atomic mass is 16.5. The zero-order valence-electron chi connectivity index (χ0n) is 17.4. The van der Waals surface area contributed by atoms with Gasteiger partial charge < -0.3 is 14.8 Å². The number of amides is 1. The van der Waals surface area contributed by atoms with Gasteiger partial charge in [0.05, 0.1) is 36.9 Å². The quantitative estimate of drug-likeness (QED) is 0.690. The van der Waals surface area contributed by atoms with Crippen LogP contribution in [0.1, 0.15) is 59.0 Å². The van der Waals surface area contributed by atoms with Crippen molar-refractivity contribution in [1.29, 1.82) is 0 Å². The molecule has 7 nitrogen and oxygen atoms in total. The van der Waals surface area contributed by atoms with Gasteiger partial charge in [0.1, 0.15) is 0 Å². The average Bonchev–Trinajstić information content (AvgIpc) is 3.53. The third kappa shape index (κ3) is 3.52. The van der Waals surface area contributed by atoms with Crippen LogP contribution >= 0.6 is 0 Å². The number of aromatic nitrogens is 3. The average molecular weight is 394 g/mol. The van der Waals surface area contributed by atoms with Gasteiger partial charge in [0.2, 0.25) is 0 Å². The van der Waals surface area contributed by atoms with E-state index in [1.54, 1.807) is 18.9 Å². The summed E-state index contributed by atoms with van der Waals surface area (Å²) in [7, 11) is 5.07.